The summed E-state index contributed by atoms with van der Waals surface area (Å²) in [7, 11) is -3.60. The van der Waals surface area contributed by atoms with Crippen LogP contribution in [0.15, 0.2) is 23.1 Å². The lowest BCUT2D eigenvalue weighted by atomic mass is 10.0. The maximum Gasteiger partial charge on any atom is 0.243 e. The minimum absolute atomic E-state index is 0.0349. The molecule has 3 saturated heterocycles. The second kappa shape index (κ2) is 9.69. The van der Waals surface area contributed by atoms with Gasteiger partial charge < -0.3 is 19.3 Å². The van der Waals surface area contributed by atoms with Gasteiger partial charge in [0, 0.05) is 65.0 Å². The molecule has 3 heterocycles. The molecular formula is C23H33N3O6S. The number of nitrogens with zero attached hydrogens (tertiary/aromatic N) is 3. The van der Waals surface area contributed by atoms with Crippen LogP contribution in [-0.4, -0.2) is 92.6 Å². The molecule has 0 unspecified atom stereocenters. The van der Waals surface area contributed by atoms with Crippen LogP contribution in [0.25, 0.3) is 0 Å². The smallest absolute Gasteiger partial charge is 0.243 e. The highest BCUT2D eigenvalue weighted by Gasteiger charge is 2.40. The summed E-state index contributed by atoms with van der Waals surface area (Å²) in [5, 5.41) is 0. The summed E-state index contributed by atoms with van der Waals surface area (Å²) in [5.74, 6) is -0.667. The Morgan fingerprint density at radius 2 is 1.42 bits per heavy atom. The van der Waals surface area contributed by atoms with Gasteiger partial charge in [-0.05, 0) is 31.0 Å². The summed E-state index contributed by atoms with van der Waals surface area (Å²) >= 11 is 0. The van der Waals surface area contributed by atoms with Gasteiger partial charge in [0.25, 0.3) is 0 Å². The lowest BCUT2D eigenvalue weighted by molar-refractivity contribution is -0.187. The molecule has 0 N–H and O–H groups in total. The molecule has 3 aliphatic heterocycles. The second-order valence-electron chi connectivity index (χ2n) is 9.04. The molecule has 0 atom stereocenters. The highest BCUT2D eigenvalue weighted by Crippen LogP contribution is 2.31. The molecule has 33 heavy (non-hydrogen) atoms. The molecule has 3 fully saturated rings. The Hall–Kier alpha value is -2.01. The van der Waals surface area contributed by atoms with Gasteiger partial charge in [-0.2, -0.15) is 4.31 Å². The average molecular weight is 480 g/mol. The van der Waals surface area contributed by atoms with Crippen molar-refractivity contribution in [3.8, 4) is 0 Å². The van der Waals surface area contributed by atoms with E-state index in [2.05, 4.69) is 0 Å². The molecule has 0 aliphatic carbocycles. The molecule has 10 heteroatoms. The van der Waals surface area contributed by atoms with E-state index in [-0.39, 0.29) is 37.7 Å². The van der Waals surface area contributed by atoms with E-state index in [1.165, 1.54) is 4.31 Å². The van der Waals surface area contributed by atoms with Crippen LogP contribution in [0, 0.1) is 13.8 Å². The number of hydrogen-bond donors (Lipinski definition) is 0. The average Bonchev–Trinajstić information content (AvgIpc) is 3.27. The number of carbonyl (C=O) groups is 2. The molecule has 1 aromatic rings. The summed E-state index contributed by atoms with van der Waals surface area (Å²) in [4.78, 5) is 29.0. The lowest BCUT2D eigenvalue weighted by Gasteiger charge is -2.37. The number of ether oxygens (including phenoxy) is 2. The summed E-state index contributed by atoms with van der Waals surface area (Å²) < 4.78 is 39.0. The third-order valence-electron chi connectivity index (χ3n) is 6.80. The summed E-state index contributed by atoms with van der Waals surface area (Å²) in [5.41, 5.74) is 1.61. The number of rotatable bonds is 5. The standard InChI is InChI=1S/C23H33N3O6S/c1-18-3-4-19(2)20(17-18)33(29,30)26-13-11-25(12-14-26)22(28)6-5-21(27)24-9-7-23(8-10-24)31-15-16-32-23/h3-4,17H,5-16H2,1-2H3. The number of amides is 2. The van der Waals surface area contributed by atoms with Crippen LogP contribution in [0.5, 0.6) is 0 Å². The molecule has 0 saturated carbocycles. The Labute approximate surface area is 195 Å². The summed E-state index contributed by atoms with van der Waals surface area (Å²) in [6.45, 7) is 7.17. The largest absolute Gasteiger partial charge is 0.347 e. The Morgan fingerprint density at radius 3 is 2.00 bits per heavy atom. The Bertz CT molecular complexity index is 987. The van der Waals surface area contributed by atoms with Gasteiger partial charge >= 0.3 is 0 Å². The Kier molecular flexibility index (Phi) is 7.09. The first-order chi connectivity index (χ1) is 15.7. The van der Waals surface area contributed by atoms with Crippen LogP contribution >= 0.6 is 0 Å². The van der Waals surface area contributed by atoms with E-state index in [0.717, 1.165) is 5.56 Å². The van der Waals surface area contributed by atoms with Crippen molar-refractivity contribution < 1.29 is 27.5 Å². The monoisotopic (exact) mass is 479 g/mol. The van der Waals surface area contributed by atoms with Gasteiger partial charge in [-0.15, -0.1) is 0 Å². The first-order valence-corrected chi connectivity index (χ1v) is 13.1. The van der Waals surface area contributed by atoms with Crippen LogP contribution in [-0.2, 0) is 29.1 Å². The topological polar surface area (TPSA) is 96.5 Å². The fraction of sp³-hybridized carbons (Fsp3) is 0.652. The van der Waals surface area contributed by atoms with Gasteiger partial charge in [0.15, 0.2) is 5.79 Å². The number of piperazine rings is 1. The second-order valence-corrected chi connectivity index (χ2v) is 10.9. The number of piperidine rings is 1. The summed E-state index contributed by atoms with van der Waals surface area (Å²) in [6, 6.07) is 5.40. The zero-order chi connectivity index (χ0) is 23.6. The summed E-state index contributed by atoms with van der Waals surface area (Å²) in [6.07, 6.45) is 1.61. The van der Waals surface area contributed by atoms with Gasteiger partial charge in [-0.25, -0.2) is 8.42 Å². The highest BCUT2D eigenvalue weighted by molar-refractivity contribution is 7.89. The fourth-order valence-electron chi connectivity index (χ4n) is 4.71. The molecule has 3 aliphatic rings. The first kappa shape index (κ1) is 24.1. The molecule has 2 amide bonds. The molecule has 0 aromatic heterocycles. The fourth-order valence-corrected chi connectivity index (χ4v) is 6.45. The highest BCUT2D eigenvalue weighted by atomic mass is 32.2. The Balaban J connectivity index is 1.24. The van der Waals surface area contributed by atoms with E-state index >= 15 is 0 Å². The van der Waals surface area contributed by atoms with Crippen molar-refractivity contribution in [1.82, 2.24) is 14.1 Å². The van der Waals surface area contributed by atoms with Gasteiger partial charge in [0.05, 0.1) is 18.1 Å². The maximum absolute atomic E-state index is 13.1. The molecule has 1 aromatic carbocycles. The predicted octanol–water partition coefficient (Wildman–Crippen LogP) is 1.28. The quantitative estimate of drug-likeness (QED) is 0.631. The normalized spacial score (nSPS) is 21.5. The number of aryl methyl sites for hydroxylation is 2. The number of benzene rings is 1. The SMILES string of the molecule is Cc1ccc(C)c(S(=O)(=O)N2CCN(C(=O)CCC(=O)N3CCC4(CC3)OCCO4)CC2)c1. The zero-order valence-corrected chi connectivity index (χ0v) is 20.2. The van der Waals surface area contributed by atoms with Crippen molar-refractivity contribution in [2.24, 2.45) is 0 Å². The van der Waals surface area contributed by atoms with Crippen LogP contribution in [0.4, 0.5) is 0 Å². The first-order valence-electron chi connectivity index (χ1n) is 11.6. The van der Waals surface area contributed by atoms with E-state index in [1.807, 2.05) is 19.1 Å². The minimum Gasteiger partial charge on any atom is -0.347 e. The van der Waals surface area contributed by atoms with Crippen molar-refractivity contribution in [3.63, 3.8) is 0 Å². The molecule has 0 radical (unpaired) electrons. The predicted molar refractivity (Wildman–Crippen MR) is 121 cm³/mol. The maximum atomic E-state index is 13.1. The molecule has 182 valence electrons. The van der Waals surface area contributed by atoms with Gasteiger partial charge in [-0.3, -0.25) is 9.59 Å². The van der Waals surface area contributed by atoms with Crippen LogP contribution in [0.2, 0.25) is 0 Å². The molecule has 4 rings (SSSR count). The third-order valence-corrected chi connectivity index (χ3v) is 8.84. The van der Waals surface area contributed by atoms with Crippen LogP contribution in [0.1, 0.15) is 36.8 Å². The molecular weight excluding hydrogens is 446 g/mol. The van der Waals surface area contributed by atoms with Crippen molar-refractivity contribution in [3.05, 3.63) is 29.3 Å². The lowest BCUT2D eigenvalue weighted by Crippen LogP contribution is -2.51. The molecule has 9 nitrogen and oxygen atoms in total. The van der Waals surface area contributed by atoms with E-state index in [1.54, 1.807) is 22.8 Å². The van der Waals surface area contributed by atoms with Gasteiger partial charge in [0.1, 0.15) is 0 Å². The number of carbonyl (C=O) groups excluding carboxylic acids is 2. The van der Waals surface area contributed by atoms with Crippen LogP contribution in [0.3, 0.4) is 0 Å². The molecule has 1 spiro atoms. The van der Waals surface area contributed by atoms with Crippen molar-refractivity contribution in [2.75, 3.05) is 52.5 Å². The Morgan fingerprint density at radius 1 is 0.879 bits per heavy atom. The number of likely N-dealkylation sites (tertiary alicyclic amines) is 1. The van der Waals surface area contributed by atoms with Crippen molar-refractivity contribution in [2.45, 2.75) is 50.2 Å². The van der Waals surface area contributed by atoms with Crippen LogP contribution < -0.4 is 0 Å². The number of sulfonamides is 1. The van der Waals surface area contributed by atoms with E-state index < -0.39 is 15.8 Å². The molecule has 0 bridgehead atoms. The van der Waals surface area contributed by atoms with Crippen molar-refractivity contribution >= 4 is 21.8 Å². The van der Waals surface area contributed by atoms with E-state index in [9.17, 15) is 18.0 Å². The van der Waals surface area contributed by atoms with Gasteiger partial charge in [-0.1, -0.05) is 12.1 Å². The zero-order valence-electron chi connectivity index (χ0n) is 19.4. The van der Waals surface area contributed by atoms with Gasteiger partial charge in [0.2, 0.25) is 21.8 Å². The minimum atomic E-state index is -3.60. The van der Waals surface area contributed by atoms with Crippen molar-refractivity contribution in [1.29, 1.82) is 0 Å². The van der Waals surface area contributed by atoms with E-state index in [0.29, 0.717) is 62.7 Å². The number of hydrogen-bond acceptors (Lipinski definition) is 6. The third kappa shape index (κ3) is 5.24. The van der Waals surface area contributed by atoms with E-state index in [4.69, 9.17) is 9.47 Å².